The van der Waals surface area contributed by atoms with Gasteiger partial charge < -0.3 is 0 Å². The summed E-state index contributed by atoms with van der Waals surface area (Å²) in [6.45, 7) is 2.40. The zero-order chi connectivity index (χ0) is 10.8. The van der Waals surface area contributed by atoms with Crippen LogP contribution in [0.4, 0.5) is 0 Å². The molecule has 2 heterocycles. The molecule has 1 fully saturated rings. The van der Waals surface area contributed by atoms with Crippen molar-refractivity contribution in [3.63, 3.8) is 0 Å². The van der Waals surface area contributed by atoms with Crippen LogP contribution in [-0.4, -0.2) is 17.5 Å². The van der Waals surface area contributed by atoms with Crippen LogP contribution < -0.4 is 8.56 Å². The Morgan fingerprint density at radius 1 is 1.06 bits per heavy atom. The maximum Gasteiger partial charge on any atom is 0.333 e. The molecule has 0 atom stereocenters. The molecule has 1 aliphatic heterocycles. The number of hydrogen-bond donors (Lipinski definition) is 0. The summed E-state index contributed by atoms with van der Waals surface area (Å²) in [5.74, 6) is 0. The lowest BCUT2D eigenvalue weighted by Gasteiger charge is -1.90. The first kappa shape index (κ1) is 10.2. The van der Waals surface area contributed by atoms with Crippen molar-refractivity contribution in [2.75, 3.05) is 13.1 Å². The van der Waals surface area contributed by atoms with Gasteiger partial charge in [0.2, 0.25) is 0 Å². The molecule has 0 aliphatic carbocycles. The minimum Gasteiger partial charge on any atom is -0.211 e. The Labute approximate surface area is 103 Å². The number of hydrogen-bond acceptors (Lipinski definition) is 3. The van der Waals surface area contributed by atoms with Crippen LogP contribution >= 0.6 is 22.9 Å². The van der Waals surface area contributed by atoms with Gasteiger partial charge in [0, 0.05) is 29.9 Å². The molecular formula is C12H13N2S2+. The fourth-order valence-electron chi connectivity index (χ4n) is 1.91. The molecule has 0 unspecified atom stereocenters. The van der Waals surface area contributed by atoms with Gasteiger partial charge in [-0.15, -0.1) is 0 Å². The Hall–Kier alpha value is -1.00. The van der Waals surface area contributed by atoms with E-state index in [1.54, 1.807) is 11.5 Å². The van der Waals surface area contributed by atoms with E-state index in [9.17, 15) is 0 Å². The predicted molar refractivity (Wildman–Crippen MR) is 69.7 cm³/mol. The smallest absolute Gasteiger partial charge is 0.211 e. The molecule has 1 saturated heterocycles. The summed E-state index contributed by atoms with van der Waals surface area (Å²) in [6, 6.07) is 10.4. The van der Waals surface area contributed by atoms with E-state index in [1.165, 1.54) is 35.5 Å². The molecular weight excluding hydrogens is 236 g/mol. The highest BCUT2D eigenvalue weighted by Gasteiger charge is 2.16. The summed E-state index contributed by atoms with van der Waals surface area (Å²) in [4.78, 5) is 0. The summed E-state index contributed by atoms with van der Waals surface area (Å²) in [5.41, 5.74) is 1.23. The third kappa shape index (κ3) is 1.95. The molecule has 0 spiro atoms. The van der Waals surface area contributed by atoms with Crippen LogP contribution in [0.25, 0.3) is 10.6 Å². The first-order valence-electron chi connectivity index (χ1n) is 5.54. The summed E-state index contributed by atoms with van der Waals surface area (Å²) in [7, 11) is 0. The molecule has 16 heavy (non-hydrogen) atoms. The van der Waals surface area contributed by atoms with Crippen LogP contribution in [0.15, 0.2) is 30.3 Å². The molecule has 2 aromatic rings. The van der Waals surface area contributed by atoms with Gasteiger partial charge in [-0.2, -0.15) is 4.37 Å². The van der Waals surface area contributed by atoms with E-state index in [2.05, 4.69) is 33.2 Å². The van der Waals surface area contributed by atoms with E-state index < -0.39 is 0 Å². The summed E-state index contributed by atoms with van der Waals surface area (Å²) in [6.07, 6.45) is 2.65. The Kier molecular flexibility index (Phi) is 2.84. The second kappa shape index (κ2) is 4.47. The van der Waals surface area contributed by atoms with Crippen LogP contribution in [-0.2, 0) is 0 Å². The predicted octanol–water partition coefficient (Wildman–Crippen LogP) is 2.44. The minimum atomic E-state index is 1.15. The average Bonchev–Trinajstić information content (AvgIpc) is 3.01. The second-order valence-electron chi connectivity index (χ2n) is 3.92. The van der Waals surface area contributed by atoms with Crippen molar-refractivity contribution in [3.8, 4) is 10.6 Å². The average molecular weight is 249 g/mol. The van der Waals surface area contributed by atoms with Crippen molar-refractivity contribution >= 4 is 22.9 Å². The van der Waals surface area contributed by atoms with Gasteiger partial charge in [-0.25, -0.2) is 4.58 Å². The lowest BCUT2D eigenvalue weighted by molar-refractivity contribution is 0.716. The quantitative estimate of drug-likeness (QED) is 0.709. The lowest BCUT2D eigenvalue weighted by atomic mass is 10.2. The zero-order valence-electron chi connectivity index (χ0n) is 8.93. The van der Waals surface area contributed by atoms with E-state index in [0.29, 0.717) is 0 Å². The van der Waals surface area contributed by atoms with E-state index in [0.717, 1.165) is 5.01 Å². The Morgan fingerprint density at radius 3 is 2.56 bits per heavy atom. The van der Waals surface area contributed by atoms with Crippen molar-refractivity contribution in [3.05, 3.63) is 34.3 Å². The van der Waals surface area contributed by atoms with E-state index in [4.69, 9.17) is 0 Å². The molecule has 1 aromatic heterocycles. The molecule has 1 aromatic carbocycles. The van der Waals surface area contributed by atoms with Crippen LogP contribution in [0.3, 0.4) is 0 Å². The number of nitrogens with zero attached hydrogens (tertiary/aromatic N) is 2. The molecule has 0 N–H and O–H groups in total. The molecule has 82 valence electrons. The number of aromatic nitrogens is 1. The molecule has 4 heteroatoms. The highest BCUT2D eigenvalue weighted by molar-refractivity contribution is 7.25. The maximum absolute atomic E-state index is 4.55. The Morgan fingerprint density at radius 2 is 1.81 bits per heavy atom. The van der Waals surface area contributed by atoms with Crippen LogP contribution in [0.5, 0.6) is 0 Å². The monoisotopic (exact) mass is 249 g/mol. The zero-order valence-corrected chi connectivity index (χ0v) is 10.6. The summed E-state index contributed by atoms with van der Waals surface area (Å²) in [5, 5.41) is 1.15. The number of rotatable bonds is 1. The van der Waals surface area contributed by atoms with Gasteiger partial charge in [0.25, 0.3) is 0 Å². The highest BCUT2D eigenvalue weighted by atomic mass is 32.2. The SMILES string of the molecule is c1ccc(-c2nsc(=[N+]3CCCC3)s2)cc1. The van der Waals surface area contributed by atoms with Gasteiger partial charge in [0.15, 0.2) is 0 Å². The molecule has 0 bridgehead atoms. The van der Waals surface area contributed by atoms with Crippen LogP contribution in [0.1, 0.15) is 12.8 Å². The van der Waals surface area contributed by atoms with Crippen molar-refractivity contribution < 1.29 is 0 Å². The molecule has 0 radical (unpaired) electrons. The maximum atomic E-state index is 4.55. The molecule has 0 amide bonds. The Balaban J connectivity index is 2.03. The van der Waals surface area contributed by atoms with Gasteiger partial charge >= 0.3 is 3.98 Å². The third-order valence-electron chi connectivity index (χ3n) is 2.78. The van der Waals surface area contributed by atoms with Crippen LogP contribution in [0.2, 0.25) is 0 Å². The molecule has 3 rings (SSSR count). The van der Waals surface area contributed by atoms with Gasteiger partial charge in [0.1, 0.15) is 18.1 Å². The first-order chi connectivity index (χ1) is 7.93. The second-order valence-corrected chi connectivity index (χ2v) is 5.90. The lowest BCUT2D eigenvalue weighted by Crippen LogP contribution is -2.21. The summed E-state index contributed by atoms with van der Waals surface area (Å²) >= 11 is 3.45. The third-order valence-corrected chi connectivity index (χ3v) is 5.01. The Bertz CT molecular complexity index is 531. The summed E-state index contributed by atoms with van der Waals surface area (Å²) < 4.78 is 8.36. The van der Waals surface area contributed by atoms with Crippen molar-refractivity contribution in [2.45, 2.75) is 12.8 Å². The topological polar surface area (TPSA) is 15.9 Å². The van der Waals surface area contributed by atoms with E-state index in [1.807, 2.05) is 17.4 Å². The number of benzene rings is 1. The minimum absolute atomic E-state index is 1.15. The largest absolute Gasteiger partial charge is 0.333 e. The van der Waals surface area contributed by atoms with Gasteiger partial charge in [-0.3, -0.25) is 0 Å². The van der Waals surface area contributed by atoms with Crippen LogP contribution in [0, 0.1) is 0 Å². The van der Waals surface area contributed by atoms with E-state index >= 15 is 0 Å². The van der Waals surface area contributed by atoms with E-state index in [-0.39, 0.29) is 0 Å². The van der Waals surface area contributed by atoms with Crippen molar-refractivity contribution in [2.24, 2.45) is 0 Å². The highest BCUT2D eigenvalue weighted by Crippen LogP contribution is 2.19. The van der Waals surface area contributed by atoms with Crippen molar-refractivity contribution in [1.29, 1.82) is 0 Å². The fourth-order valence-corrected chi connectivity index (χ4v) is 3.97. The standard InChI is InChI=1S/C12H13N2S2/c1-2-6-10(7-3-1)11-13-16-12(15-11)14-8-4-5-9-14/h1-3,6-7H,4-5,8-9H2/q+1. The van der Waals surface area contributed by atoms with Gasteiger partial charge in [-0.1, -0.05) is 30.3 Å². The van der Waals surface area contributed by atoms with Gasteiger partial charge in [-0.05, 0) is 11.3 Å². The first-order valence-corrected chi connectivity index (χ1v) is 7.13. The fraction of sp³-hybridized carbons (Fsp3) is 0.333. The van der Waals surface area contributed by atoms with Gasteiger partial charge in [0.05, 0.1) is 0 Å². The normalized spacial score (nSPS) is 15.6. The molecule has 0 saturated carbocycles. The van der Waals surface area contributed by atoms with Crippen molar-refractivity contribution in [1.82, 2.24) is 8.95 Å². The molecule has 1 aliphatic rings. The molecule has 2 nitrogen and oxygen atoms in total.